The van der Waals surface area contributed by atoms with Gasteiger partial charge in [-0.05, 0) is 61.6 Å². The van der Waals surface area contributed by atoms with Crippen LogP contribution in [0.5, 0.6) is 0 Å². The van der Waals surface area contributed by atoms with E-state index in [9.17, 15) is 12.8 Å². The van der Waals surface area contributed by atoms with Crippen LogP contribution in [0.4, 0.5) is 4.39 Å². The molecule has 0 aliphatic heterocycles. The molecule has 0 unspecified atom stereocenters. The summed E-state index contributed by atoms with van der Waals surface area (Å²) in [6, 6.07) is 11.0. The Bertz CT molecular complexity index is 865. The Morgan fingerprint density at radius 2 is 1.84 bits per heavy atom. The highest BCUT2D eigenvalue weighted by Crippen LogP contribution is 2.17. The molecule has 0 saturated carbocycles. The zero-order chi connectivity index (χ0) is 18.4. The summed E-state index contributed by atoms with van der Waals surface area (Å²) in [6.45, 7) is 3.55. The minimum absolute atomic E-state index is 0.187. The van der Waals surface area contributed by atoms with Crippen LogP contribution in [0.15, 0.2) is 52.5 Å². The van der Waals surface area contributed by atoms with Gasteiger partial charge in [-0.3, -0.25) is 0 Å². The summed E-state index contributed by atoms with van der Waals surface area (Å²) in [5.74, 6) is 0.0562. The molecule has 0 aliphatic rings. The maximum absolute atomic E-state index is 13.1. The quantitative estimate of drug-likeness (QED) is 0.444. The van der Waals surface area contributed by atoms with Crippen LogP contribution in [0, 0.1) is 19.7 Å². The largest absolute Gasteiger partial charge is 0.276 e. The van der Waals surface area contributed by atoms with E-state index in [2.05, 4.69) is 9.93 Å². The van der Waals surface area contributed by atoms with Gasteiger partial charge in [0.1, 0.15) is 5.82 Å². The summed E-state index contributed by atoms with van der Waals surface area (Å²) in [5, 5.41) is 4.08. The van der Waals surface area contributed by atoms with Crippen LogP contribution in [0.3, 0.4) is 0 Å². The average Bonchev–Trinajstić information content (AvgIpc) is 2.58. The van der Waals surface area contributed by atoms with Gasteiger partial charge in [0.2, 0.25) is 0 Å². The Morgan fingerprint density at radius 3 is 2.48 bits per heavy atom. The monoisotopic (exact) mass is 382 g/mol. The highest BCUT2D eigenvalue weighted by Gasteiger charge is 2.17. The molecule has 0 amide bonds. The molecule has 0 aromatic heterocycles. The van der Waals surface area contributed by atoms with Crippen LogP contribution in [-0.4, -0.2) is 20.0 Å². The Kier molecular flexibility index (Phi) is 6.56. The van der Waals surface area contributed by atoms with Crippen molar-refractivity contribution in [3.63, 3.8) is 0 Å². The molecule has 1 N–H and O–H groups in total. The van der Waals surface area contributed by atoms with E-state index in [0.717, 1.165) is 5.56 Å². The van der Waals surface area contributed by atoms with Crippen molar-refractivity contribution >= 4 is 27.3 Å². The number of aryl methyl sites for hydroxylation is 2. The van der Waals surface area contributed by atoms with Crippen LogP contribution < -0.4 is 4.83 Å². The number of alkyl halides is 1. The number of rotatable bonds is 7. The number of hydrogen-bond acceptors (Lipinski definition) is 3. The summed E-state index contributed by atoms with van der Waals surface area (Å²) in [6.07, 6.45) is 1.10. The predicted molar refractivity (Wildman–Crippen MR) is 99.1 cm³/mol. The van der Waals surface area contributed by atoms with E-state index in [1.54, 1.807) is 31.2 Å². The van der Waals surface area contributed by atoms with E-state index in [-0.39, 0.29) is 10.7 Å². The fourth-order valence-electron chi connectivity index (χ4n) is 2.30. The Morgan fingerprint density at radius 1 is 1.16 bits per heavy atom. The van der Waals surface area contributed by atoms with Crippen molar-refractivity contribution in [1.29, 1.82) is 0 Å². The van der Waals surface area contributed by atoms with E-state index in [4.69, 9.17) is 11.6 Å². The van der Waals surface area contributed by atoms with Crippen molar-refractivity contribution in [2.24, 2.45) is 5.10 Å². The molecule has 4 nitrogen and oxygen atoms in total. The maximum Gasteiger partial charge on any atom is 0.276 e. The highest BCUT2D eigenvalue weighted by atomic mass is 35.5. The average molecular weight is 383 g/mol. The number of benzene rings is 2. The summed E-state index contributed by atoms with van der Waals surface area (Å²) in [7, 11) is -3.79. The van der Waals surface area contributed by atoms with E-state index >= 15 is 0 Å². The first-order chi connectivity index (χ1) is 11.8. The van der Waals surface area contributed by atoms with Gasteiger partial charge >= 0.3 is 0 Å². The minimum Gasteiger partial charge on any atom is -0.207 e. The second-order valence-corrected chi connectivity index (χ2v) is 7.73. The normalized spacial score (nSPS) is 12.2. The fraction of sp³-hybridized carbons (Fsp3) is 0.278. The molecule has 0 heterocycles. The summed E-state index contributed by atoms with van der Waals surface area (Å²) in [5.41, 5.74) is 2.64. The van der Waals surface area contributed by atoms with Gasteiger partial charge in [0, 0.05) is 5.88 Å². The zero-order valence-electron chi connectivity index (χ0n) is 14.1. The van der Waals surface area contributed by atoms with Gasteiger partial charge in [-0.2, -0.15) is 18.4 Å². The lowest BCUT2D eigenvalue weighted by Gasteiger charge is -2.10. The van der Waals surface area contributed by atoms with Gasteiger partial charge in [0.25, 0.3) is 10.0 Å². The van der Waals surface area contributed by atoms with Crippen LogP contribution in [-0.2, 0) is 10.0 Å². The van der Waals surface area contributed by atoms with Crippen molar-refractivity contribution < 1.29 is 12.8 Å². The third kappa shape index (κ3) is 5.28. The molecule has 134 valence electrons. The van der Waals surface area contributed by atoms with E-state index < -0.39 is 10.0 Å². The van der Waals surface area contributed by atoms with E-state index in [0.29, 0.717) is 35.6 Å². The predicted octanol–water partition coefficient (Wildman–Crippen LogP) is 4.14. The number of hydrazone groups is 1. The van der Waals surface area contributed by atoms with Crippen LogP contribution in [0.25, 0.3) is 0 Å². The topological polar surface area (TPSA) is 58.5 Å². The standard InChI is InChI=1S/C18H20ClFN2O2S/c1-13-5-6-14(2)18(12-13)25(23,24)22-21-17(4-3-11-19)15-7-9-16(20)10-8-15/h5-10,12,22H,3-4,11H2,1-2H3. The van der Waals surface area contributed by atoms with Crippen molar-refractivity contribution in [3.8, 4) is 0 Å². The Hall–Kier alpha value is -1.92. The van der Waals surface area contributed by atoms with Crippen molar-refractivity contribution in [2.45, 2.75) is 31.6 Å². The highest BCUT2D eigenvalue weighted by molar-refractivity contribution is 7.89. The number of nitrogens with one attached hydrogen (secondary N) is 1. The first-order valence-electron chi connectivity index (χ1n) is 7.81. The van der Waals surface area contributed by atoms with Crippen molar-refractivity contribution in [1.82, 2.24) is 4.83 Å². The van der Waals surface area contributed by atoms with Crippen LogP contribution >= 0.6 is 11.6 Å². The summed E-state index contributed by atoms with van der Waals surface area (Å²) < 4.78 is 38.2. The van der Waals surface area contributed by atoms with Gasteiger partial charge in [0.15, 0.2) is 0 Å². The Balaban J connectivity index is 2.33. The van der Waals surface area contributed by atoms with Gasteiger partial charge in [-0.25, -0.2) is 4.39 Å². The molecular formula is C18H20ClFN2O2S. The third-order valence-electron chi connectivity index (χ3n) is 3.66. The van der Waals surface area contributed by atoms with Crippen molar-refractivity contribution in [2.75, 3.05) is 5.88 Å². The SMILES string of the molecule is Cc1ccc(C)c(S(=O)(=O)NN=C(CCCCl)c2ccc(F)cc2)c1. The molecule has 0 radical (unpaired) electrons. The van der Waals surface area contributed by atoms with Gasteiger partial charge in [-0.15, -0.1) is 11.6 Å². The second-order valence-electron chi connectivity index (χ2n) is 5.72. The van der Waals surface area contributed by atoms with Crippen molar-refractivity contribution in [3.05, 3.63) is 65.0 Å². The molecule has 0 atom stereocenters. The number of sulfonamides is 1. The molecule has 7 heteroatoms. The van der Waals surface area contributed by atoms with Crippen LogP contribution in [0.1, 0.15) is 29.5 Å². The second kappa shape index (κ2) is 8.45. The van der Waals surface area contributed by atoms with Crippen LogP contribution in [0.2, 0.25) is 0 Å². The smallest absolute Gasteiger partial charge is 0.207 e. The molecule has 2 rings (SSSR count). The lowest BCUT2D eigenvalue weighted by Crippen LogP contribution is -2.21. The number of nitrogens with zero attached hydrogens (tertiary/aromatic N) is 1. The lowest BCUT2D eigenvalue weighted by atomic mass is 10.1. The van der Waals surface area contributed by atoms with Gasteiger partial charge in [-0.1, -0.05) is 24.3 Å². The third-order valence-corrected chi connectivity index (χ3v) is 5.28. The number of halogens is 2. The molecule has 0 saturated heterocycles. The van der Waals surface area contributed by atoms with E-state index in [1.165, 1.54) is 12.1 Å². The maximum atomic E-state index is 13.1. The Labute approximate surface area is 152 Å². The molecule has 0 aliphatic carbocycles. The molecule has 0 fully saturated rings. The molecule has 0 spiro atoms. The molecular weight excluding hydrogens is 363 g/mol. The molecule has 2 aromatic rings. The minimum atomic E-state index is -3.79. The molecule has 0 bridgehead atoms. The summed E-state index contributed by atoms with van der Waals surface area (Å²) >= 11 is 5.73. The fourth-order valence-corrected chi connectivity index (χ4v) is 3.60. The van der Waals surface area contributed by atoms with Gasteiger partial charge < -0.3 is 0 Å². The van der Waals surface area contributed by atoms with E-state index in [1.807, 2.05) is 13.0 Å². The van der Waals surface area contributed by atoms with Gasteiger partial charge in [0.05, 0.1) is 10.6 Å². The first kappa shape index (κ1) is 19.4. The molecule has 25 heavy (non-hydrogen) atoms. The first-order valence-corrected chi connectivity index (χ1v) is 9.83. The molecule has 2 aromatic carbocycles. The zero-order valence-corrected chi connectivity index (χ0v) is 15.7. The number of hydrogen-bond donors (Lipinski definition) is 1. The lowest BCUT2D eigenvalue weighted by molar-refractivity contribution is 0.583. The summed E-state index contributed by atoms with van der Waals surface area (Å²) in [4.78, 5) is 2.48.